The molecule has 4 rings (SSSR count). The quantitative estimate of drug-likeness (QED) is 0.716. The first-order valence-electron chi connectivity index (χ1n) is 11.7. The SMILES string of the molecule is CCCNC(=O)N1CC(=O)N2[C@H](C1)[C@@H](c1ccc(C#CCC3CCCC3)cc1)[C@@H]2CO. The first-order chi connectivity index (χ1) is 15.1. The second kappa shape index (κ2) is 9.74. The fourth-order valence-corrected chi connectivity index (χ4v) is 5.30. The normalized spacial score (nSPS) is 25.5. The highest BCUT2D eigenvalue weighted by Gasteiger charge is 2.54. The maximum absolute atomic E-state index is 12.6. The van der Waals surface area contributed by atoms with Gasteiger partial charge in [0.05, 0.1) is 18.7 Å². The molecule has 3 amide bonds. The lowest BCUT2D eigenvalue weighted by Crippen LogP contribution is -2.73. The molecule has 3 fully saturated rings. The Morgan fingerprint density at radius 1 is 1.23 bits per heavy atom. The minimum absolute atomic E-state index is 0.0243. The van der Waals surface area contributed by atoms with Gasteiger partial charge in [-0.2, -0.15) is 0 Å². The number of rotatable bonds is 5. The van der Waals surface area contributed by atoms with Crippen LogP contribution in [0, 0.1) is 17.8 Å². The number of fused-ring (bicyclic) bond motifs is 1. The predicted molar refractivity (Wildman–Crippen MR) is 119 cm³/mol. The number of carbonyl (C=O) groups excluding carboxylic acids is 2. The highest BCUT2D eigenvalue weighted by Crippen LogP contribution is 2.42. The van der Waals surface area contributed by atoms with Gasteiger partial charge in [0, 0.05) is 31.0 Å². The van der Waals surface area contributed by atoms with Gasteiger partial charge >= 0.3 is 6.03 Å². The van der Waals surface area contributed by atoms with E-state index in [2.05, 4.69) is 29.3 Å². The van der Waals surface area contributed by atoms with Crippen LogP contribution >= 0.6 is 0 Å². The van der Waals surface area contributed by atoms with Gasteiger partial charge in [-0.25, -0.2) is 4.79 Å². The Balaban J connectivity index is 1.43. The summed E-state index contributed by atoms with van der Waals surface area (Å²) in [5, 5.41) is 12.8. The van der Waals surface area contributed by atoms with Gasteiger partial charge in [0.2, 0.25) is 5.91 Å². The van der Waals surface area contributed by atoms with Gasteiger partial charge < -0.3 is 20.2 Å². The molecule has 0 aromatic heterocycles. The number of aliphatic hydroxyl groups excluding tert-OH is 1. The molecule has 1 aromatic rings. The van der Waals surface area contributed by atoms with Gasteiger partial charge in [-0.3, -0.25) is 4.79 Å². The van der Waals surface area contributed by atoms with Crippen LogP contribution in [0.3, 0.4) is 0 Å². The molecule has 1 aromatic carbocycles. The Kier molecular flexibility index (Phi) is 6.82. The molecule has 2 heterocycles. The van der Waals surface area contributed by atoms with Crippen LogP contribution in [0.5, 0.6) is 0 Å². The summed E-state index contributed by atoms with van der Waals surface area (Å²) in [6.45, 7) is 3.10. The molecule has 2 N–H and O–H groups in total. The van der Waals surface area contributed by atoms with Crippen molar-refractivity contribution in [1.29, 1.82) is 0 Å². The summed E-state index contributed by atoms with van der Waals surface area (Å²) in [5.41, 5.74) is 2.09. The number of aliphatic hydroxyl groups is 1. The Bertz CT molecular complexity index is 851. The van der Waals surface area contributed by atoms with Crippen molar-refractivity contribution in [2.24, 2.45) is 5.92 Å². The van der Waals surface area contributed by atoms with Gasteiger partial charge in [0.25, 0.3) is 0 Å². The number of hydrogen-bond acceptors (Lipinski definition) is 3. The van der Waals surface area contributed by atoms with Crippen molar-refractivity contribution in [3.63, 3.8) is 0 Å². The summed E-state index contributed by atoms with van der Waals surface area (Å²) in [4.78, 5) is 28.4. The van der Waals surface area contributed by atoms with Gasteiger partial charge in [-0.15, -0.1) is 0 Å². The number of amides is 3. The van der Waals surface area contributed by atoms with E-state index >= 15 is 0 Å². The second-order valence-corrected chi connectivity index (χ2v) is 9.03. The molecular weight excluding hydrogens is 390 g/mol. The predicted octanol–water partition coefficient (Wildman–Crippen LogP) is 2.71. The van der Waals surface area contributed by atoms with E-state index in [0.29, 0.717) is 13.1 Å². The zero-order chi connectivity index (χ0) is 21.8. The van der Waals surface area contributed by atoms with Crippen molar-refractivity contribution in [1.82, 2.24) is 15.1 Å². The average molecular weight is 424 g/mol. The van der Waals surface area contributed by atoms with Crippen LogP contribution in [0.1, 0.15) is 62.5 Å². The van der Waals surface area contributed by atoms with Crippen molar-refractivity contribution >= 4 is 11.9 Å². The summed E-state index contributed by atoms with van der Waals surface area (Å²) >= 11 is 0. The van der Waals surface area contributed by atoms with Crippen LogP contribution in [0.25, 0.3) is 0 Å². The average Bonchev–Trinajstić information content (AvgIpc) is 3.28. The fourth-order valence-electron chi connectivity index (χ4n) is 5.30. The zero-order valence-electron chi connectivity index (χ0n) is 18.3. The molecule has 6 nitrogen and oxygen atoms in total. The summed E-state index contributed by atoms with van der Waals surface area (Å²) in [6, 6.07) is 7.68. The fraction of sp³-hybridized carbons (Fsp3) is 0.600. The Morgan fingerprint density at radius 2 is 1.97 bits per heavy atom. The number of nitrogens with zero attached hydrogens (tertiary/aromatic N) is 2. The van der Waals surface area contributed by atoms with Gasteiger partial charge in [0.15, 0.2) is 0 Å². The number of piperazine rings is 1. The van der Waals surface area contributed by atoms with E-state index in [-0.39, 0.29) is 43.1 Å². The topological polar surface area (TPSA) is 72.9 Å². The van der Waals surface area contributed by atoms with Crippen molar-refractivity contribution in [2.45, 2.75) is 63.5 Å². The number of benzene rings is 1. The Hall–Kier alpha value is -2.52. The second-order valence-electron chi connectivity index (χ2n) is 9.03. The minimum Gasteiger partial charge on any atom is -0.394 e. The highest BCUT2D eigenvalue weighted by molar-refractivity contribution is 5.87. The van der Waals surface area contributed by atoms with E-state index in [1.54, 1.807) is 9.80 Å². The third-order valence-corrected chi connectivity index (χ3v) is 6.96. The molecule has 31 heavy (non-hydrogen) atoms. The van der Waals surface area contributed by atoms with E-state index in [1.807, 2.05) is 19.1 Å². The molecule has 0 radical (unpaired) electrons. The number of nitrogens with one attached hydrogen (secondary N) is 1. The lowest BCUT2D eigenvalue weighted by molar-refractivity contribution is -0.159. The Morgan fingerprint density at radius 3 is 2.65 bits per heavy atom. The van der Waals surface area contributed by atoms with Gasteiger partial charge in [0.1, 0.15) is 6.54 Å². The van der Waals surface area contributed by atoms with E-state index in [4.69, 9.17) is 0 Å². The van der Waals surface area contributed by atoms with Crippen molar-refractivity contribution in [3.05, 3.63) is 35.4 Å². The number of urea groups is 1. The van der Waals surface area contributed by atoms with Crippen molar-refractivity contribution in [2.75, 3.05) is 26.2 Å². The molecule has 1 aliphatic carbocycles. The summed E-state index contributed by atoms with van der Waals surface area (Å²) in [6.07, 6.45) is 7.13. The highest BCUT2D eigenvalue weighted by atomic mass is 16.3. The van der Waals surface area contributed by atoms with E-state index in [0.717, 1.165) is 29.9 Å². The molecule has 2 aliphatic heterocycles. The molecule has 3 aliphatic rings. The molecule has 3 atom stereocenters. The van der Waals surface area contributed by atoms with Crippen LogP contribution in [0.2, 0.25) is 0 Å². The molecular formula is C25H33N3O3. The molecule has 1 saturated carbocycles. The first kappa shape index (κ1) is 21.7. The zero-order valence-corrected chi connectivity index (χ0v) is 18.3. The largest absolute Gasteiger partial charge is 0.394 e. The molecule has 2 saturated heterocycles. The summed E-state index contributed by atoms with van der Waals surface area (Å²) in [5.74, 6) is 7.31. The third-order valence-electron chi connectivity index (χ3n) is 6.96. The smallest absolute Gasteiger partial charge is 0.317 e. The van der Waals surface area contributed by atoms with Crippen LogP contribution in [-0.4, -0.2) is 65.2 Å². The lowest BCUT2D eigenvalue weighted by atomic mass is 9.73. The molecule has 0 spiro atoms. The monoisotopic (exact) mass is 423 g/mol. The van der Waals surface area contributed by atoms with Gasteiger partial charge in [-0.1, -0.05) is 43.7 Å². The summed E-state index contributed by atoms with van der Waals surface area (Å²) in [7, 11) is 0. The standard InChI is InChI=1S/C25H33N3O3/c1-2-14-26-25(31)27-15-21-24(22(17-29)28(21)23(30)16-27)20-12-10-19(11-13-20)9-5-8-18-6-3-4-7-18/h10-13,18,21-22,24,29H,2-4,6-8,14-17H2,1H3,(H,26,31)/t21-,22+,24-/m1/s1. The maximum atomic E-state index is 12.6. The third kappa shape index (κ3) is 4.57. The number of carbonyl (C=O) groups is 2. The van der Waals surface area contributed by atoms with Crippen molar-refractivity contribution < 1.29 is 14.7 Å². The van der Waals surface area contributed by atoms with Crippen molar-refractivity contribution in [3.8, 4) is 11.8 Å². The van der Waals surface area contributed by atoms with E-state index in [1.165, 1.54) is 25.7 Å². The minimum atomic E-state index is -0.224. The maximum Gasteiger partial charge on any atom is 0.317 e. The first-order valence-corrected chi connectivity index (χ1v) is 11.7. The molecule has 0 bridgehead atoms. The molecule has 6 heteroatoms. The van der Waals surface area contributed by atoms with Gasteiger partial charge in [-0.05, 0) is 42.9 Å². The molecule has 0 unspecified atom stereocenters. The van der Waals surface area contributed by atoms with E-state index in [9.17, 15) is 14.7 Å². The van der Waals surface area contributed by atoms with Crippen LogP contribution in [0.15, 0.2) is 24.3 Å². The Labute approximate surface area is 185 Å². The van der Waals surface area contributed by atoms with Crippen LogP contribution in [-0.2, 0) is 4.79 Å². The van der Waals surface area contributed by atoms with Crippen LogP contribution < -0.4 is 5.32 Å². The number of hydrogen-bond donors (Lipinski definition) is 2. The molecule has 166 valence electrons. The lowest BCUT2D eigenvalue weighted by Gasteiger charge is -2.58. The summed E-state index contributed by atoms with van der Waals surface area (Å²) < 4.78 is 0. The van der Waals surface area contributed by atoms with E-state index < -0.39 is 0 Å². The van der Waals surface area contributed by atoms with Crippen LogP contribution in [0.4, 0.5) is 4.79 Å².